The number of benzene rings is 1. The summed E-state index contributed by atoms with van der Waals surface area (Å²) in [6.07, 6.45) is 0.942. The zero-order chi connectivity index (χ0) is 17.9. The number of nitrogens with one attached hydrogen (secondary N) is 1. The number of rotatable bonds is 5. The minimum Gasteiger partial charge on any atom is -0.487 e. The van der Waals surface area contributed by atoms with E-state index < -0.39 is 9.84 Å². The fourth-order valence-electron chi connectivity index (χ4n) is 2.83. The highest BCUT2D eigenvalue weighted by Crippen LogP contribution is 2.19. The zero-order valence-electron chi connectivity index (χ0n) is 14.0. The lowest BCUT2D eigenvalue weighted by molar-refractivity contribution is 0.0716. The van der Waals surface area contributed by atoms with E-state index >= 15 is 0 Å². The third-order valence-corrected chi connectivity index (χ3v) is 6.10. The predicted octanol–water partition coefficient (Wildman–Crippen LogP) is 1.64. The Morgan fingerprint density at radius 1 is 1.28 bits per heavy atom. The molecule has 25 heavy (non-hydrogen) atoms. The van der Waals surface area contributed by atoms with E-state index in [1.807, 2.05) is 30.3 Å². The number of hydrogen-bond acceptors (Lipinski definition) is 5. The maximum absolute atomic E-state index is 12.5. The Balaban J connectivity index is 1.58. The molecule has 1 saturated heterocycles. The van der Waals surface area contributed by atoms with Crippen molar-refractivity contribution in [3.05, 3.63) is 47.8 Å². The van der Waals surface area contributed by atoms with E-state index in [9.17, 15) is 13.2 Å². The van der Waals surface area contributed by atoms with Crippen LogP contribution in [0.2, 0.25) is 0 Å². The first-order valence-electron chi connectivity index (χ1n) is 8.14. The van der Waals surface area contributed by atoms with Gasteiger partial charge in [0.05, 0.1) is 17.2 Å². The highest BCUT2D eigenvalue weighted by Gasteiger charge is 2.29. The van der Waals surface area contributed by atoms with E-state index in [1.165, 1.54) is 0 Å². The van der Waals surface area contributed by atoms with E-state index in [1.54, 1.807) is 18.0 Å². The van der Waals surface area contributed by atoms with Crippen LogP contribution < -0.4 is 4.74 Å². The third-order valence-electron chi connectivity index (χ3n) is 4.38. The Morgan fingerprint density at radius 3 is 2.64 bits per heavy atom. The summed E-state index contributed by atoms with van der Waals surface area (Å²) in [6.45, 7) is 0.287. The molecule has 0 saturated carbocycles. The van der Waals surface area contributed by atoms with Crippen molar-refractivity contribution in [2.45, 2.75) is 25.5 Å². The van der Waals surface area contributed by atoms with Gasteiger partial charge < -0.3 is 9.64 Å². The largest absolute Gasteiger partial charge is 0.487 e. The molecule has 1 aromatic carbocycles. The van der Waals surface area contributed by atoms with Gasteiger partial charge in [0.2, 0.25) is 0 Å². The maximum atomic E-state index is 12.5. The molecule has 8 heteroatoms. The normalized spacial score (nSPS) is 17.2. The van der Waals surface area contributed by atoms with Crippen molar-refractivity contribution in [1.29, 1.82) is 0 Å². The molecule has 7 nitrogen and oxygen atoms in total. The molecule has 0 bridgehead atoms. The van der Waals surface area contributed by atoms with Crippen LogP contribution in [0.15, 0.2) is 36.4 Å². The van der Waals surface area contributed by atoms with Crippen LogP contribution >= 0.6 is 0 Å². The number of sulfone groups is 1. The van der Waals surface area contributed by atoms with Crippen LogP contribution in [0.4, 0.5) is 0 Å². The molecule has 134 valence electrons. The molecular weight excluding hydrogens is 342 g/mol. The van der Waals surface area contributed by atoms with Crippen LogP contribution in [0.3, 0.4) is 0 Å². The monoisotopic (exact) mass is 363 g/mol. The maximum Gasteiger partial charge on any atom is 0.274 e. The number of ether oxygens (including phenoxy) is 1. The van der Waals surface area contributed by atoms with Crippen molar-refractivity contribution in [2.75, 3.05) is 18.6 Å². The number of nitrogens with zero attached hydrogens (tertiary/aromatic N) is 2. The number of H-pyrrole nitrogens is 1. The second-order valence-corrected chi connectivity index (χ2v) is 8.48. The van der Waals surface area contributed by atoms with Gasteiger partial charge in [0.15, 0.2) is 5.69 Å². The highest BCUT2D eigenvalue weighted by molar-refractivity contribution is 7.91. The summed E-state index contributed by atoms with van der Waals surface area (Å²) >= 11 is 0. The van der Waals surface area contributed by atoms with Crippen LogP contribution in [0, 0.1) is 0 Å². The lowest BCUT2D eigenvalue weighted by Gasteiger charge is -2.30. The van der Waals surface area contributed by atoms with Gasteiger partial charge in [0.1, 0.15) is 22.2 Å². The molecule has 3 rings (SSSR count). The lowest BCUT2D eigenvalue weighted by Crippen LogP contribution is -2.42. The Morgan fingerprint density at radius 2 is 1.96 bits per heavy atom. The van der Waals surface area contributed by atoms with E-state index in [2.05, 4.69) is 10.2 Å². The predicted molar refractivity (Wildman–Crippen MR) is 93.1 cm³/mol. The molecule has 0 radical (unpaired) electrons. The fourth-order valence-corrected chi connectivity index (χ4v) is 4.30. The van der Waals surface area contributed by atoms with Crippen LogP contribution in [0.1, 0.15) is 29.0 Å². The van der Waals surface area contributed by atoms with Gasteiger partial charge in [-0.25, -0.2) is 8.42 Å². The van der Waals surface area contributed by atoms with Gasteiger partial charge >= 0.3 is 0 Å². The number of para-hydroxylation sites is 1. The fraction of sp³-hybridized carbons (Fsp3) is 0.412. The number of carbonyl (C=O) groups is 1. The molecule has 0 aliphatic carbocycles. The summed E-state index contributed by atoms with van der Waals surface area (Å²) in [4.78, 5) is 14.1. The standard InChI is InChI=1S/C17H21N3O4S/c1-20(14-7-9-25(22,23)10-8-14)17(21)16-11-13(18-19-16)12-24-15-5-3-2-4-6-15/h2-6,11,14H,7-10,12H2,1H3,(H,18,19). The summed E-state index contributed by atoms with van der Waals surface area (Å²) < 4.78 is 28.7. The van der Waals surface area contributed by atoms with E-state index in [4.69, 9.17) is 4.74 Å². The number of hydrogen-bond donors (Lipinski definition) is 1. The Labute approximate surface area is 146 Å². The SMILES string of the molecule is CN(C(=O)c1cc(COc2ccccc2)[nH]n1)C1CCS(=O)(=O)CC1. The average Bonchev–Trinajstić information content (AvgIpc) is 3.08. The summed E-state index contributed by atoms with van der Waals surface area (Å²) in [5.41, 5.74) is 1.01. The number of amides is 1. The van der Waals surface area contributed by atoms with Crippen LogP contribution in [0.5, 0.6) is 5.75 Å². The topological polar surface area (TPSA) is 92.4 Å². The van der Waals surface area contributed by atoms with Gasteiger partial charge in [-0.15, -0.1) is 0 Å². The molecule has 0 unspecified atom stereocenters. The molecule has 1 aromatic heterocycles. The number of aromatic amines is 1. The molecule has 1 amide bonds. The second-order valence-electron chi connectivity index (χ2n) is 6.18. The minimum atomic E-state index is -2.95. The van der Waals surface area contributed by atoms with Crippen LogP contribution in [-0.4, -0.2) is 54.0 Å². The van der Waals surface area contributed by atoms with Crippen LogP contribution in [0.25, 0.3) is 0 Å². The molecule has 1 aliphatic heterocycles. The Hall–Kier alpha value is -2.35. The average molecular weight is 363 g/mol. The molecular formula is C17H21N3O4S. The summed E-state index contributed by atoms with van der Waals surface area (Å²) in [5.74, 6) is 0.787. The summed E-state index contributed by atoms with van der Waals surface area (Å²) in [5, 5.41) is 6.87. The van der Waals surface area contributed by atoms with Gasteiger partial charge in [-0.3, -0.25) is 9.89 Å². The molecule has 1 aliphatic rings. The van der Waals surface area contributed by atoms with Crippen molar-refractivity contribution in [3.8, 4) is 5.75 Å². The minimum absolute atomic E-state index is 0.0725. The van der Waals surface area contributed by atoms with Gasteiger partial charge in [-0.2, -0.15) is 5.10 Å². The van der Waals surface area contributed by atoms with E-state index in [0.717, 1.165) is 5.75 Å². The van der Waals surface area contributed by atoms with E-state index in [-0.39, 0.29) is 30.1 Å². The van der Waals surface area contributed by atoms with Gasteiger partial charge in [0.25, 0.3) is 5.91 Å². The lowest BCUT2D eigenvalue weighted by atomic mass is 10.1. The molecule has 2 heterocycles. The Kier molecular flexibility index (Phi) is 5.08. The van der Waals surface area contributed by atoms with Crippen molar-refractivity contribution in [3.63, 3.8) is 0 Å². The first kappa shape index (κ1) is 17.5. The van der Waals surface area contributed by atoms with Crippen molar-refractivity contribution < 1.29 is 17.9 Å². The molecule has 1 N–H and O–H groups in total. The smallest absolute Gasteiger partial charge is 0.274 e. The van der Waals surface area contributed by atoms with E-state index in [0.29, 0.717) is 24.2 Å². The third kappa shape index (κ3) is 4.39. The molecule has 0 atom stereocenters. The summed E-state index contributed by atoms with van der Waals surface area (Å²) in [6, 6.07) is 11.0. The molecule has 0 spiro atoms. The first-order chi connectivity index (χ1) is 11.9. The first-order valence-corrected chi connectivity index (χ1v) is 9.96. The van der Waals surface area contributed by atoms with Crippen molar-refractivity contribution in [2.24, 2.45) is 0 Å². The van der Waals surface area contributed by atoms with Crippen molar-refractivity contribution in [1.82, 2.24) is 15.1 Å². The Bertz CT molecular complexity index is 819. The summed E-state index contributed by atoms with van der Waals surface area (Å²) in [7, 11) is -1.25. The highest BCUT2D eigenvalue weighted by atomic mass is 32.2. The number of aromatic nitrogens is 2. The van der Waals surface area contributed by atoms with Gasteiger partial charge in [-0.1, -0.05) is 18.2 Å². The van der Waals surface area contributed by atoms with Gasteiger partial charge in [-0.05, 0) is 31.0 Å². The number of carbonyl (C=O) groups excluding carboxylic acids is 1. The van der Waals surface area contributed by atoms with Crippen molar-refractivity contribution >= 4 is 15.7 Å². The van der Waals surface area contributed by atoms with Gasteiger partial charge in [0, 0.05) is 13.1 Å². The van der Waals surface area contributed by atoms with Crippen LogP contribution in [-0.2, 0) is 16.4 Å². The zero-order valence-corrected chi connectivity index (χ0v) is 14.8. The molecule has 1 fully saturated rings. The quantitative estimate of drug-likeness (QED) is 0.872. The molecule has 2 aromatic rings. The second kappa shape index (κ2) is 7.26.